The molecule has 27 heavy (non-hydrogen) atoms. The summed E-state index contributed by atoms with van der Waals surface area (Å²) in [6, 6.07) is 10.4. The number of carbonyl (C=O) groups is 2. The van der Waals surface area contributed by atoms with Crippen LogP contribution in [0.1, 0.15) is 25.0 Å². The SMILES string of the molecule is CCNC(=O)[C@@H](C)N(Cc1ccccc1F)C(=O)Cc1ccc(Cl)c(Cl)c1. The minimum absolute atomic E-state index is 0.00880. The smallest absolute Gasteiger partial charge is 0.242 e. The monoisotopic (exact) mass is 410 g/mol. The molecule has 144 valence electrons. The molecule has 0 bridgehead atoms. The molecule has 2 rings (SSSR count). The van der Waals surface area contributed by atoms with E-state index in [0.29, 0.717) is 27.7 Å². The fourth-order valence-electron chi connectivity index (χ4n) is 2.64. The van der Waals surface area contributed by atoms with E-state index >= 15 is 0 Å². The Bertz CT molecular complexity index is 829. The minimum atomic E-state index is -0.750. The van der Waals surface area contributed by atoms with Gasteiger partial charge in [-0.2, -0.15) is 0 Å². The average molecular weight is 411 g/mol. The molecule has 7 heteroatoms. The number of hydrogen-bond donors (Lipinski definition) is 1. The number of rotatable bonds is 7. The fourth-order valence-corrected chi connectivity index (χ4v) is 2.96. The molecular weight excluding hydrogens is 390 g/mol. The standard InChI is InChI=1S/C20H21Cl2FN2O2/c1-3-24-20(27)13(2)25(12-15-6-4-5-7-18(15)23)19(26)11-14-8-9-16(21)17(22)10-14/h4-10,13H,3,11-12H2,1-2H3,(H,24,27)/t13-/m1/s1. The van der Waals surface area contributed by atoms with Crippen LogP contribution in [0.3, 0.4) is 0 Å². The van der Waals surface area contributed by atoms with Crippen LogP contribution < -0.4 is 5.32 Å². The number of hydrogen-bond acceptors (Lipinski definition) is 2. The molecule has 4 nitrogen and oxygen atoms in total. The molecule has 2 amide bonds. The average Bonchev–Trinajstić information content (AvgIpc) is 2.63. The van der Waals surface area contributed by atoms with Crippen LogP contribution >= 0.6 is 23.2 Å². The molecular formula is C20H21Cl2FN2O2. The lowest BCUT2D eigenvalue weighted by Crippen LogP contribution is -2.48. The largest absolute Gasteiger partial charge is 0.355 e. The predicted octanol–water partition coefficient (Wildman–Crippen LogP) is 4.23. The molecule has 0 aromatic heterocycles. The van der Waals surface area contributed by atoms with Gasteiger partial charge in [-0.3, -0.25) is 9.59 Å². The van der Waals surface area contributed by atoms with Crippen molar-refractivity contribution in [3.05, 3.63) is 69.5 Å². The summed E-state index contributed by atoms with van der Waals surface area (Å²) >= 11 is 11.9. The van der Waals surface area contributed by atoms with Crippen LogP contribution in [-0.4, -0.2) is 29.3 Å². The molecule has 0 aliphatic rings. The van der Waals surface area contributed by atoms with Gasteiger partial charge in [-0.15, -0.1) is 0 Å². The number of carbonyl (C=O) groups excluding carboxylic acids is 2. The van der Waals surface area contributed by atoms with Crippen molar-refractivity contribution >= 4 is 35.0 Å². The number of benzene rings is 2. The Morgan fingerprint density at radius 3 is 2.48 bits per heavy atom. The van der Waals surface area contributed by atoms with Crippen LogP contribution in [0.15, 0.2) is 42.5 Å². The lowest BCUT2D eigenvalue weighted by atomic mass is 10.1. The first-order valence-corrected chi connectivity index (χ1v) is 9.33. The Balaban J connectivity index is 2.26. The first-order chi connectivity index (χ1) is 12.8. The van der Waals surface area contributed by atoms with E-state index < -0.39 is 11.9 Å². The summed E-state index contributed by atoms with van der Waals surface area (Å²) in [4.78, 5) is 26.6. The van der Waals surface area contributed by atoms with Crippen LogP contribution in [0.4, 0.5) is 4.39 Å². The van der Waals surface area contributed by atoms with Crippen LogP contribution in [0.25, 0.3) is 0 Å². The van der Waals surface area contributed by atoms with Gasteiger partial charge in [-0.05, 0) is 37.6 Å². The van der Waals surface area contributed by atoms with Gasteiger partial charge in [0.25, 0.3) is 0 Å². The topological polar surface area (TPSA) is 49.4 Å². The Morgan fingerprint density at radius 2 is 1.85 bits per heavy atom. The molecule has 2 aromatic rings. The van der Waals surface area contributed by atoms with Crippen molar-refractivity contribution in [3.8, 4) is 0 Å². The highest BCUT2D eigenvalue weighted by molar-refractivity contribution is 6.42. The highest BCUT2D eigenvalue weighted by Gasteiger charge is 2.26. The van der Waals surface area contributed by atoms with Gasteiger partial charge in [0.1, 0.15) is 11.9 Å². The molecule has 0 fully saturated rings. The second-order valence-electron chi connectivity index (χ2n) is 6.11. The number of nitrogens with one attached hydrogen (secondary N) is 1. The van der Waals surface area contributed by atoms with Crippen molar-refractivity contribution in [2.75, 3.05) is 6.54 Å². The number of halogens is 3. The molecule has 0 spiro atoms. The summed E-state index contributed by atoms with van der Waals surface area (Å²) in [6.45, 7) is 3.85. The van der Waals surface area contributed by atoms with E-state index in [-0.39, 0.29) is 24.8 Å². The highest BCUT2D eigenvalue weighted by Crippen LogP contribution is 2.23. The van der Waals surface area contributed by atoms with E-state index in [1.165, 1.54) is 11.0 Å². The molecule has 0 saturated heterocycles. The molecule has 0 saturated carbocycles. The summed E-state index contributed by atoms with van der Waals surface area (Å²) in [5, 5.41) is 3.44. The van der Waals surface area contributed by atoms with Crippen molar-refractivity contribution < 1.29 is 14.0 Å². The van der Waals surface area contributed by atoms with Crippen LogP contribution in [0.5, 0.6) is 0 Å². The molecule has 0 aliphatic carbocycles. The van der Waals surface area contributed by atoms with E-state index in [4.69, 9.17) is 23.2 Å². The number of likely N-dealkylation sites (N-methyl/N-ethyl adjacent to an activating group) is 1. The van der Waals surface area contributed by atoms with Gasteiger partial charge in [0.05, 0.1) is 16.5 Å². The Kier molecular flexibility index (Phi) is 7.63. The third kappa shape index (κ3) is 5.68. The van der Waals surface area contributed by atoms with Gasteiger partial charge in [0, 0.05) is 18.7 Å². The summed E-state index contributed by atoms with van der Waals surface area (Å²) < 4.78 is 14.1. The maximum atomic E-state index is 14.1. The van der Waals surface area contributed by atoms with Crippen molar-refractivity contribution in [3.63, 3.8) is 0 Å². The molecule has 0 aliphatic heterocycles. The molecule has 1 atom stereocenters. The summed E-state index contributed by atoms with van der Waals surface area (Å²) in [7, 11) is 0. The Labute approximate surface area is 168 Å². The number of nitrogens with zero attached hydrogens (tertiary/aromatic N) is 1. The summed E-state index contributed by atoms with van der Waals surface area (Å²) in [5.41, 5.74) is 1.01. The Morgan fingerprint density at radius 1 is 1.15 bits per heavy atom. The van der Waals surface area contributed by atoms with E-state index in [1.54, 1.807) is 50.2 Å². The van der Waals surface area contributed by atoms with E-state index in [9.17, 15) is 14.0 Å². The van der Waals surface area contributed by atoms with E-state index in [1.807, 2.05) is 0 Å². The van der Waals surface area contributed by atoms with Crippen molar-refractivity contribution in [2.45, 2.75) is 32.9 Å². The first kappa shape index (κ1) is 21.2. The van der Waals surface area contributed by atoms with Gasteiger partial charge >= 0.3 is 0 Å². The van der Waals surface area contributed by atoms with Crippen LogP contribution in [-0.2, 0) is 22.6 Å². The molecule has 0 unspecified atom stereocenters. The van der Waals surface area contributed by atoms with Crippen LogP contribution in [0.2, 0.25) is 10.0 Å². The lowest BCUT2D eigenvalue weighted by molar-refractivity contribution is -0.140. The zero-order valence-corrected chi connectivity index (χ0v) is 16.6. The second kappa shape index (κ2) is 9.72. The van der Waals surface area contributed by atoms with E-state index in [2.05, 4.69) is 5.32 Å². The van der Waals surface area contributed by atoms with E-state index in [0.717, 1.165) is 0 Å². The normalized spacial score (nSPS) is 11.7. The lowest BCUT2D eigenvalue weighted by Gasteiger charge is -2.29. The predicted molar refractivity (Wildman–Crippen MR) is 105 cm³/mol. The Hall–Kier alpha value is -2.11. The summed E-state index contributed by atoms with van der Waals surface area (Å²) in [6.07, 6.45) is 0.0229. The number of amides is 2. The first-order valence-electron chi connectivity index (χ1n) is 8.58. The van der Waals surface area contributed by atoms with Crippen molar-refractivity contribution in [1.29, 1.82) is 0 Å². The fraction of sp³-hybridized carbons (Fsp3) is 0.300. The van der Waals surface area contributed by atoms with Gasteiger partial charge < -0.3 is 10.2 Å². The molecule has 2 aromatic carbocycles. The third-order valence-corrected chi connectivity index (χ3v) is 4.90. The van der Waals surface area contributed by atoms with Crippen molar-refractivity contribution in [2.24, 2.45) is 0 Å². The second-order valence-corrected chi connectivity index (χ2v) is 6.92. The third-order valence-electron chi connectivity index (χ3n) is 4.16. The zero-order valence-electron chi connectivity index (χ0n) is 15.1. The van der Waals surface area contributed by atoms with Gasteiger partial charge in [0.15, 0.2) is 0 Å². The van der Waals surface area contributed by atoms with Crippen molar-refractivity contribution in [1.82, 2.24) is 10.2 Å². The summed E-state index contributed by atoms with van der Waals surface area (Å²) in [5.74, 6) is -1.03. The molecule has 0 radical (unpaired) electrons. The minimum Gasteiger partial charge on any atom is -0.355 e. The molecule has 0 heterocycles. The van der Waals surface area contributed by atoms with Gasteiger partial charge in [-0.1, -0.05) is 47.5 Å². The highest BCUT2D eigenvalue weighted by atomic mass is 35.5. The maximum Gasteiger partial charge on any atom is 0.242 e. The van der Waals surface area contributed by atoms with Gasteiger partial charge in [-0.25, -0.2) is 4.39 Å². The van der Waals surface area contributed by atoms with Crippen LogP contribution in [0, 0.1) is 5.82 Å². The maximum absolute atomic E-state index is 14.1. The van der Waals surface area contributed by atoms with Gasteiger partial charge in [0.2, 0.25) is 11.8 Å². The molecule has 1 N–H and O–H groups in total. The quantitative estimate of drug-likeness (QED) is 0.742. The zero-order chi connectivity index (χ0) is 20.0.